The first-order chi connectivity index (χ1) is 13.7. The van der Waals surface area contributed by atoms with Crippen LogP contribution in [-0.4, -0.2) is 24.9 Å². The number of amides is 2. The Bertz CT molecular complexity index is 890. The summed E-state index contributed by atoms with van der Waals surface area (Å²) < 4.78 is 0. The maximum Gasteiger partial charge on any atom is 0.252 e. The lowest BCUT2D eigenvalue weighted by Crippen LogP contribution is -2.37. The molecular weight excluding hydrogens is 368 g/mol. The Kier molecular flexibility index (Phi) is 6.87. The van der Waals surface area contributed by atoms with Crippen molar-refractivity contribution in [2.75, 3.05) is 13.1 Å². The fourth-order valence-electron chi connectivity index (χ4n) is 3.01. The summed E-state index contributed by atoms with van der Waals surface area (Å²) in [5, 5.41) is 5.74. The van der Waals surface area contributed by atoms with Gasteiger partial charge in [-0.25, -0.2) is 0 Å². The third-order valence-corrected chi connectivity index (χ3v) is 4.78. The second-order valence-electron chi connectivity index (χ2n) is 6.32. The predicted molar refractivity (Wildman–Crippen MR) is 114 cm³/mol. The van der Waals surface area contributed by atoms with E-state index in [-0.39, 0.29) is 11.8 Å². The quantitative estimate of drug-likeness (QED) is 0.426. The molecule has 3 rings (SSSR count). The largest absolute Gasteiger partial charge is 0.354 e. The molecule has 2 N–H and O–H groups in total. The minimum Gasteiger partial charge on any atom is -0.354 e. The van der Waals surface area contributed by atoms with Gasteiger partial charge in [-0.1, -0.05) is 72.8 Å². The van der Waals surface area contributed by atoms with Crippen molar-refractivity contribution >= 4 is 24.4 Å². The van der Waals surface area contributed by atoms with E-state index >= 15 is 0 Å². The average molecular weight is 391 g/mol. The van der Waals surface area contributed by atoms with Crippen molar-refractivity contribution in [3.8, 4) is 0 Å². The predicted octanol–water partition coefficient (Wildman–Crippen LogP) is 3.65. The average Bonchev–Trinajstić information content (AvgIpc) is 2.73. The fraction of sp³-hybridized carbons (Fsp3) is 0.130. The highest BCUT2D eigenvalue weighted by atomic mass is 32.1. The maximum atomic E-state index is 12.9. The van der Waals surface area contributed by atoms with E-state index in [9.17, 15) is 9.59 Å². The molecule has 3 aromatic carbocycles. The topological polar surface area (TPSA) is 58.2 Å². The van der Waals surface area contributed by atoms with Gasteiger partial charge in [-0.2, -0.15) is 0 Å². The molecule has 0 aliphatic carbocycles. The molecule has 0 aromatic heterocycles. The van der Waals surface area contributed by atoms with E-state index in [0.29, 0.717) is 23.5 Å². The van der Waals surface area contributed by atoms with Crippen LogP contribution in [0.4, 0.5) is 0 Å². The normalized spacial score (nSPS) is 10.5. The molecule has 4 nitrogen and oxygen atoms in total. The van der Waals surface area contributed by atoms with Crippen molar-refractivity contribution in [1.29, 1.82) is 0 Å². The van der Waals surface area contributed by atoms with Crippen molar-refractivity contribution in [3.63, 3.8) is 0 Å². The van der Waals surface area contributed by atoms with Gasteiger partial charge in [0.1, 0.15) is 0 Å². The summed E-state index contributed by atoms with van der Waals surface area (Å²) in [6, 6.07) is 26.4. The van der Waals surface area contributed by atoms with E-state index in [1.54, 1.807) is 18.2 Å². The van der Waals surface area contributed by atoms with Crippen molar-refractivity contribution < 1.29 is 9.59 Å². The Morgan fingerprint density at radius 2 is 1.21 bits per heavy atom. The zero-order valence-corrected chi connectivity index (χ0v) is 16.2. The van der Waals surface area contributed by atoms with Crippen molar-refractivity contribution in [1.82, 2.24) is 10.6 Å². The lowest BCUT2D eigenvalue weighted by molar-refractivity contribution is -0.121. The maximum absolute atomic E-state index is 12.9. The van der Waals surface area contributed by atoms with Gasteiger partial charge < -0.3 is 10.6 Å². The van der Waals surface area contributed by atoms with Crippen molar-refractivity contribution in [2.45, 2.75) is 10.8 Å². The number of thiol groups is 1. The lowest BCUT2D eigenvalue weighted by Gasteiger charge is -2.18. The molecule has 0 saturated heterocycles. The lowest BCUT2D eigenvalue weighted by atomic mass is 9.90. The van der Waals surface area contributed by atoms with Crippen molar-refractivity contribution in [3.05, 3.63) is 102 Å². The van der Waals surface area contributed by atoms with Crippen LogP contribution in [0, 0.1) is 0 Å². The summed E-state index contributed by atoms with van der Waals surface area (Å²) in [6.07, 6.45) is 0. The molecule has 0 heterocycles. The Morgan fingerprint density at radius 3 is 1.79 bits per heavy atom. The van der Waals surface area contributed by atoms with Crippen LogP contribution in [0.25, 0.3) is 0 Å². The molecular formula is C23H22N2O2S. The third kappa shape index (κ3) is 5.02. The summed E-state index contributed by atoms with van der Waals surface area (Å²) >= 11 is 4.29. The Morgan fingerprint density at radius 1 is 0.714 bits per heavy atom. The van der Waals surface area contributed by atoms with Gasteiger partial charge in [-0.05, 0) is 23.3 Å². The number of carbonyl (C=O) groups is 2. The summed E-state index contributed by atoms with van der Waals surface area (Å²) in [5.41, 5.74) is 2.38. The highest BCUT2D eigenvalue weighted by Gasteiger charge is 2.22. The Labute approximate surface area is 170 Å². The van der Waals surface area contributed by atoms with E-state index in [4.69, 9.17) is 0 Å². The molecule has 0 radical (unpaired) electrons. The van der Waals surface area contributed by atoms with Crippen LogP contribution in [-0.2, 0) is 4.79 Å². The first kappa shape index (κ1) is 19.7. The molecule has 2 amide bonds. The van der Waals surface area contributed by atoms with E-state index in [2.05, 4.69) is 23.3 Å². The number of carbonyl (C=O) groups excluding carboxylic acids is 2. The summed E-state index contributed by atoms with van der Waals surface area (Å²) in [6.45, 7) is 0.679. The molecule has 0 atom stereocenters. The fourth-order valence-corrected chi connectivity index (χ4v) is 3.27. The third-order valence-electron chi connectivity index (χ3n) is 4.39. The highest BCUT2D eigenvalue weighted by Crippen LogP contribution is 2.24. The molecule has 0 unspecified atom stereocenters. The molecule has 0 aliphatic rings. The van der Waals surface area contributed by atoms with Crippen LogP contribution >= 0.6 is 12.6 Å². The first-order valence-corrected chi connectivity index (χ1v) is 9.55. The Hall–Kier alpha value is -3.05. The molecule has 142 valence electrons. The molecule has 0 spiro atoms. The minimum atomic E-state index is -0.392. The summed E-state index contributed by atoms with van der Waals surface area (Å²) in [4.78, 5) is 25.7. The molecule has 0 bridgehead atoms. The smallest absolute Gasteiger partial charge is 0.252 e. The number of benzene rings is 3. The standard InChI is InChI=1S/C23H22N2O2S/c26-22(19-13-7-8-14-20(19)28)24-15-16-25-23(27)21(17-9-3-1-4-10-17)18-11-5-2-6-12-18/h1-14,21,28H,15-16H2,(H,24,26)(H,25,27). The van der Waals surface area contributed by atoms with Gasteiger partial charge in [0.15, 0.2) is 0 Å². The number of rotatable bonds is 7. The van der Waals surface area contributed by atoms with E-state index in [1.807, 2.05) is 66.7 Å². The molecule has 0 saturated carbocycles. The summed E-state index contributed by atoms with van der Waals surface area (Å²) in [7, 11) is 0. The van der Waals surface area contributed by atoms with E-state index in [1.165, 1.54) is 0 Å². The van der Waals surface area contributed by atoms with Crippen LogP contribution in [0.5, 0.6) is 0 Å². The highest BCUT2D eigenvalue weighted by molar-refractivity contribution is 7.80. The molecule has 3 aromatic rings. The van der Waals surface area contributed by atoms with Gasteiger partial charge in [-0.3, -0.25) is 9.59 Å². The van der Waals surface area contributed by atoms with E-state index < -0.39 is 5.92 Å². The van der Waals surface area contributed by atoms with Gasteiger partial charge in [0.05, 0.1) is 11.5 Å². The number of nitrogens with one attached hydrogen (secondary N) is 2. The van der Waals surface area contributed by atoms with Crippen LogP contribution in [0.1, 0.15) is 27.4 Å². The SMILES string of the molecule is O=C(NCCNC(=O)C(c1ccccc1)c1ccccc1)c1ccccc1S. The second kappa shape index (κ2) is 9.76. The number of hydrogen-bond acceptors (Lipinski definition) is 3. The molecule has 0 aliphatic heterocycles. The number of hydrogen-bond donors (Lipinski definition) is 3. The minimum absolute atomic E-state index is 0.0961. The zero-order valence-electron chi connectivity index (χ0n) is 15.3. The molecule has 0 fully saturated rings. The van der Waals surface area contributed by atoms with Gasteiger partial charge in [0.25, 0.3) is 5.91 Å². The molecule has 5 heteroatoms. The first-order valence-electron chi connectivity index (χ1n) is 9.10. The van der Waals surface area contributed by atoms with Gasteiger partial charge in [0, 0.05) is 18.0 Å². The van der Waals surface area contributed by atoms with Crippen LogP contribution in [0.15, 0.2) is 89.8 Å². The van der Waals surface area contributed by atoms with Crippen molar-refractivity contribution in [2.24, 2.45) is 0 Å². The Balaban J connectivity index is 1.60. The van der Waals surface area contributed by atoms with Gasteiger partial charge >= 0.3 is 0 Å². The van der Waals surface area contributed by atoms with Gasteiger partial charge in [-0.15, -0.1) is 12.6 Å². The van der Waals surface area contributed by atoms with E-state index in [0.717, 1.165) is 11.1 Å². The van der Waals surface area contributed by atoms with Crippen LogP contribution in [0.2, 0.25) is 0 Å². The van der Waals surface area contributed by atoms with Gasteiger partial charge in [0.2, 0.25) is 5.91 Å². The monoisotopic (exact) mass is 390 g/mol. The second-order valence-corrected chi connectivity index (χ2v) is 6.80. The van der Waals surface area contributed by atoms with Crippen LogP contribution < -0.4 is 10.6 Å². The zero-order chi connectivity index (χ0) is 19.8. The summed E-state index contributed by atoms with van der Waals surface area (Å²) in [5.74, 6) is -0.694. The molecule has 28 heavy (non-hydrogen) atoms. The van der Waals surface area contributed by atoms with Crippen LogP contribution in [0.3, 0.4) is 0 Å².